The van der Waals surface area contributed by atoms with Gasteiger partial charge in [0.2, 0.25) is 11.7 Å². The number of carbonyl (C=O) groups is 6. The number of hydrogen-bond acceptors (Lipinski definition) is 9. The minimum atomic E-state index is -1.13. The van der Waals surface area contributed by atoms with E-state index in [0.717, 1.165) is 37.8 Å². The minimum absolute atomic E-state index is 0.0714. The van der Waals surface area contributed by atoms with Gasteiger partial charge in [0.1, 0.15) is 11.7 Å². The third-order valence-electron chi connectivity index (χ3n) is 11.9. The number of aromatic nitrogens is 2. The first-order valence-corrected chi connectivity index (χ1v) is 21.6. The van der Waals surface area contributed by atoms with Gasteiger partial charge in [-0.05, 0) is 83.3 Å². The van der Waals surface area contributed by atoms with Gasteiger partial charge in [0.15, 0.2) is 0 Å². The summed E-state index contributed by atoms with van der Waals surface area (Å²) in [6.45, 7) is 0.982. The van der Waals surface area contributed by atoms with Crippen LogP contribution in [0.5, 0.6) is 0 Å². The molecule has 3 aliphatic rings. The number of anilines is 2. The van der Waals surface area contributed by atoms with Crippen molar-refractivity contribution >= 4 is 102 Å². The van der Waals surface area contributed by atoms with Crippen LogP contribution in [0.25, 0.3) is 31.9 Å². The molecule has 0 saturated carbocycles. The molecule has 61 heavy (non-hydrogen) atoms. The molecule has 0 spiro atoms. The van der Waals surface area contributed by atoms with Crippen LogP contribution in [-0.2, 0) is 19.1 Å². The Bertz CT molecular complexity index is 2740. The third kappa shape index (κ3) is 7.52. The molecule has 16 heteroatoms. The lowest BCUT2D eigenvalue weighted by Gasteiger charge is -2.45. The number of ether oxygens (including phenoxy) is 1. The molecule has 3 atom stereocenters. The first-order chi connectivity index (χ1) is 29.6. The highest BCUT2D eigenvalue weighted by Crippen LogP contribution is 2.46. The number of thiophene rings is 1. The van der Waals surface area contributed by atoms with Gasteiger partial charge in [-0.25, -0.2) is 4.79 Å². The second kappa shape index (κ2) is 16.5. The Hall–Kier alpha value is -6.45. The molecule has 1 saturated heterocycles. The second-order valence-corrected chi connectivity index (χ2v) is 16.8. The molecule has 1 fully saturated rings. The molecule has 5 amide bonds. The Morgan fingerprint density at radius 1 is 0.885 bits per heavy atom. The number of Topliss-reactive ketones (excluding diaryl/α,β-unsaturated/α-hetero) is 1. The van der Waals surface area contributed by atoms with Gasteiger partial charge < -0.3 is 30.2 Å². The number of fused-ring (bicyclic) bond motifs is 5. The van der Waals surface area contributed by atoms with E-state index in [1.54, 1.807) is 35.2 Å². The van der Waals surface area contributed by atoms with Crippen molar-refractivity contribution in [1.82, 2.24) is 24.7 Å². The predicted molar refractivity (Wildman–Crippen MR) is 234 cm³/mol. The van der Waals surface area contributed by atoms with Gasteiger partial charge in [0, 0.05) is 94.4 Å². The fourth-order valence-electron chi connectivity index (χ4n) is 8.84. The van der Waals surface area contributed by atoms with Crippen LogP contribution in [0.4, 0.5) is 16.2 Å². The van der Waals surface area contributed by atoms with Crippen LogP contribution < -0.4 is 10.6 Å². The molecule has 3 aliphatic heterocycles. The van der Waals surface area contributed by atoms with Gasteiger partial charge >= 0.3 is 6.09 Å². The lowest BCUT2D eigenvalue weighted by Crippen LogP contribution is -2.60. The van der Waals surface area contributed by atoms with E-state index in [2.05, 4.69) is 20.6 Å². The molecule has 2 unspecified atom stereocenters. The average Bonchev–Trinajstić information content (AvgIpc) is 4.12. The number of hydrogen-bond donors (Lipinski definition) is 4. The van der Waals surface area contributed by atoms with E-state index < -0.39 is 24.0 Å². The van der Waals surface area contributed by atoms with E-state index in [1.165, 1.54) is 40.4 Å². The summed E-state index contributed by atoms with van der Waals surface area (Å²) in [6, 6.07) is 18.6. The Morgan fingerprint density at radius 2 is 1.66 bits per heavy atom. The fraction of sp³-hybridized carbons (Fsp3) is 0.289. The van der Waals surface area contributed by atoms with Crippen molar-refractivity contribution in [2.24, 2.45) is 0 Å². The minimum Gasteiger partial charge on any atom is -0.453 e. The number of benzene rings is 3. The van der Waals surface area contributed by atoms with Crippen LogP contribution in [0.15, 0.2) is 84.3 Å². The zero-order chi connectivity index (χ0) is 42.4. The summed E-state index contributed by atoms with van der Waals surface area (Å²) in [5.74, 6) is -1.05. The molecule has 0 radical (unpaired) electrons. The van der Waals surface area contributed by atoms with E-state index in [-0.39, 0.29) is 61.3 Å². The molecule has 3 aromatic carbocycles. The van der Waals surface area contributed by atoms with Gasteiger partial charge in [-0.15, -0.1) is 22.9 Å². The van der Waals surface area contributed by atoms with Gasteiger partial charge in [-0.1, -0.05) is 24.6 Å². The van der Waals surface area contributed by atoms with Crippen molar-refractivity contribution in [1.29, 1.82) is 0 Å². The number of carbonyl (C=O) groups excluding carboxylic acids is 6. The number of imide groups is 1. The highest BCUT2D eigenvalue weighted by atomic mass is 35.5. The summed E-state index contributed by atoms with van der Waals surface area (Å²) < 4.78 is 6.32. The number of H-pyrrole nitrogens is 2. The standard InChI is InChI=1S/C45H42ClN7O7S/c1-60-45(59)53-36(30-20-33-41(27(21-46)22-47-33)29-14-16-61-43(29)30)23-51(38(54)9-3-2-6-15-52-39(55)12-13-40(52)56)24-37(53)42(57)34-19-26-17-28(10-11-32(26)49-34)48-44(58)35-18-25-7-4-5-8-31(25)50-35/h4-5,7-8,10-14,16-20,27,36-37,47,49-50H,2-3,6,9,15,21-24H2,1H3,(H,48,58)/t27-,36?,37?/m1/s1. The number of nitrogens with zero attached hydrogens (tertiary/aromatic N) is 3. The van der Waals surface area contributed by atoms with Crippen LogP contribution >= 0.6 is 22.9 Å². The average molecular weight is 860 g/mol. The molecule has 0 bridgehead atoms. The number of aromatic amines is 2. The Balaban J connectivity index is 1.01. The Kier molecular flexibility index (Phi) is 10.8. The first-order valence-electron chi connectivity index (χ1n) is 20.2. The quantitative estimate of drug-likeness (QED) is 0.0422. The highest BCUT2D eigenvalue weighted by molar-refractivity contribution is 7.17. The van der Waals surface area contributed by atoms with Crippen LogP contribution in [0.1, 0.15) is 69.7 Å². The molecule has 4 N–H and O–H groups in total. The molecule has 312 valence electrons. The molecule has 9 rings (SSSR count). The zero-order valence-electron chi connectivity index (χ0n) is 33.2. The SMILES string of the molecule is COC(=O)N1C(C(=O)c2cc3cc(NC(=O)c4cc5ccccc5[nH]4)ccc3[nH]2)CN(C(=O)CCCCCN2C(=O)C=CC2=O)CC1c1cc2c(c3ccsc13)[C@H](CCl)CN2. The number of piperazine rings is 1. The van der Waals surface area contributed by atoms with Crippen molar-refractivity contribution in [3.8, 4) is 0 Å². The number of amides is 5. The molecule has 3 aromatic heterocycles. The monoisotopic (exact) mass is 859 g/mol. The van der Waals surface area contributed by atoms with Crippen molar-refractivity contribution in [2.45, 2.75) is 43.7 Å². The van der Waals surface area contributed by atoms with Gasteiger partial charge in [0.05, 0.1) is 18.8 Å². The summed E-state index contributed by atoms with van der Waals surface area (Å²) in [5, 5.41) is 11.0. The number of unbranched alkanes of at least 4 members (excludes halogenated alkanes) is 2. The maximum absolute atomic E-state index is 14.9. The molecular weight excluding hydrogens is 818 g/mol. The van der Waals surface area contributed by atoms with Crippen LogP contribution in [0.3, 0.4) is 0 Å². The van der Waals surface area contributed by atoms with Gasteiger partial charge in [-0.2, -0.15) is 0 Å². The summed E-state index contributed by atoms with van der Waals surface area (Å²) in [4.78, 5) is 90.9. The molecule has 6 heterocycles. The summed E-state index contributed by atoms with van der Waals surface area (Å²) in [5.41, 5.74) is 5.44. The Morgan fingerprint density at radius 3 is 2.44 bits per heavy atom. The number of halogens is 1. The molecular formula is C45H42ClN7O7S. The smallest absolute Gasteiger partial charge is 0.410 e. The maximum atomic E-state index is 14.9. The van der Waals surface area contributed by atoms with Crippen LogP contribution in [0.2, 0.25) is 0 Å². The number of para-hydroxylation sites is 1. The lowest BCUT2D eigenvalue weighted by molar-refractivity contribution is -0.137. The molecule has 6 aromatic rings. The molecule has 14 nitrogen and oxygen atoms in total. The number of ketones is 1. The van der Waals surface area contributed by atoms with Crippen molar-refractivity contribution in [3.05, 3.63) is 107 Å². The number of alkyl halides is 1. The van der Waals surface area contributed by atoms with Crippen molar-refractivity contribution in [3.63, 3.8) is 0 Å². The van der Waals surface area contributed by atoms with Crippen LogP contribution in [-0.4, -0.2) is 105 Å². The normalized spacial score (nSPS) is 18.7. The predicted octanol–water partition coefficient (Wildman–Crippen LogP) is 7.55. The summed E-state index contributed by atoms with van der Waals surface area (Å²) in [7, 11) is 1.28. The Labute approximate surface area is 358 Å². The number of rotatable bonds is 12. The van der Waals surface area contributed by atoms with E-state index in [9.17, 15) is 28.8 Å². The highest BCUT2D eigenvalue weighted by Gasteiger charge is 2.45. The van der Waals surface area contributed by atoms with Gasteiger partial charge in [-0.3, -0.25) is 33.8 Å². The fourth-order valence-corrected chi connectivity index (χ4v) is 10.1. The van der Waals surface area contributed by atoms with E-state index in [1.807, 2.05) is 41.8 Å². The topological polar surface area (TPSA) is 177 Å². The second-order valence-electron chi connectivity index (χ2n) is 15.6. The van der Waals surface area contributed by atoms with E-state index in [4.69, 9.17) is 16.3 Å². The lowest BCUT2D eigenvalue weighted by atomic mass is 9.91. The van der Waals surface area contributed by atoms with Crippen LogP contribution in [0, 0.1) is 0 Å². The van der Waals surface area contributed by atoms with E-state index in [0.29, 0.717) is 54.0 Å². The number of nitrogens with one attached hydrogen (secondary N) is 4. The zero-order valence-corrected chi connectivity index (χ0v) is 34.7. The molecule has 0 aliphatic carbocycles. The largest absolute Gasteiger partial charge is 0.453 e. The first kappa shape index (κ1) is 40.0. The summed E-state index contributed by atoms with van der Waals surface area (Å²) >= 11 is 7.93. The van der Waals surface area contributed by atoms with Crippen molar-refractivity contribution < 1.29 is 33.5 Å². The van der Waals surface area contributed by atoms with Crippen molar-refractivity contribution in [2.75, 3.05) is 49.8 Å². The summed E-state index contributed by atoms with van der Waals surface area (Å²) in [6.07, 6.45) is 3.62. The maximum Gasteiger partial charge on any atom is 0.410 e. The third-order valence-corrected chi connectivity index (χ3v) is 13.2. The van der Waals surface area contributed by atoms with Gasteiger partial charge in [0.25, 0.3) is 17.7 Å². The number of methoxy groups -OCH3 is 1. The van der Waals surface area contributed by atoms with E-state index >= 15 is 0 Å².